The molecule has 6 heteroatoms. The molecular formula is C16H17N3O2S. The van der Waals surface area contributed by atoms with Gasteiger partial charge in [-0.1, -0.05) is 6.07 Å². The molecule has 1 aromatic heterocycles. The molecule has 114 valence electrons. The van der Waals surface area contributed by atoms with Crippen molar-refractivity contribution < 1.29 is 9.53 Å². The van der Waals surface area contributed by atoms with Gasteiger partial charge < -0.3 is 9.64 Å². The number of carbonyl (C=O) groups is 1. The van der Waals surface area contributed by atoms with Gasteiger partial charge in [0.2, 0.25) is 0 Å². The summed E-state index contributed by atoms with van der Waals surface area (Å²) >= 11 is 1.58. The molecule has 22 heavy (non-hydrogen) atoms. The molecule has 2 rings (SSSR count). The van der Waals surface area contributed by atoms with E-state index in [1.807, 2.05) is 24.4 Å². The molecule has 0 saturated heterocycles. The maximum Gasteiger partial charge on any atom is 0.253 e. The van der Waals surface area contributed by atoms with E-state index in [0.717, 1.165) is 10.7 Å². The van der Waals surface area contributed by atoms with Crippen LogP contribution in [-0.2, 0) is 6.61 Å². The first-order chi connectivity index (χ1) is 10.6. The number of hydrogen-bond acceptors (Lipinski definition) is 5. The summed E-state index contributed by atoms with van der Waals surface area (Å²) in [5, 5.41) is 11.5. The highest BCUT2D eigenvalue weighted by atomic mass is 32.1. The third-order valence-electron chi connectivity index (χ3n) is 3.04. The van der Waals surface area contributed by atoms with Crippen LogP contribution >= 0.6 is 11.3 Å². The molecule has 0 N–H and O–H groups in total. The van der Waals surface area contributed by atoms with Gasteiger partial charge in [0.15, 0.2) is 0 Å². The summed E-state index contributed by atoms with van der Waals surface area (Å²) in [5.74, 6) is 0.510. The summed E-state index contributed by atoms with van der Waals surface area (Å²) in [6.07, 6.45) is 0.321. The third kappa shape index (κ3) is 4.30. The first-order valence-electron chi connectivity index (χ1n) is 6.86. The van der Waals surface area contributed by atoms with Crippen LogP contribution in [0.15, 0.2) is 29.6 Å². The number of ether oxygens (including phenoxy) is 1. The van der Waals surface area contributed by atoms with Crippen LogP contribution in [0.25, 0.3) is 0 Å². The summed E-state index contributed by atoms with van der Waals surface area (Å²) in [5.41, 5.74) is 1.43. The van der Waals surface area contributed by atoms with Crippen LogP contribution in [0.5, 0.6) is 5.75 Å². The molecular weight excluding hydrogens is 298 g/mol. The van der Waals surface area contributed by atoms with Gasteiger partial charge in [0.25, 0.3) is 5.91 Å². The Morgan fingerprint density at radius 3 is 3.00 bits per heavy atom. The van der Waals surface area contributed by atoms with E-state index in [4.69, 9.17) is 10.00 Å². The number of rotatable bonds is 6. The average Bonchev–Trinajstić information content (AvgIpc) is 2.95. The van der Waals surface area contributed by atoms with E-state index < -0.39 is 0 Å². The maximum absolute atomic E-state index is 12.2. The summed E-state index contributed by atoms with van der Waals surface area (Å²) < 4.78 is 5.68. The standard InChI is InChI=1S/C16H17N3O2S/c1-12-18-14(11-22-12)10-21-15-6-3-5-13(9-15)16(20)19(2)8-4-7-17/h3,5-6,9,11H,4,8,10H2,1-2H3. The van der Waals surface area contributed by atoms with Gasteiger partial charge in [0, 0.05) is 24.5 Å². The van der Waals surface area contributed by atoms with Gasteiger partial charge in [-0.15, -0.1) is 11.3 Å². The van der Waals surface area contributed by atoms with Crippen molar-refractivity contribution in [2.75, 3.05) is 13.6 Å². The molecule has 0 saturated carbocycles. The molecule has 2 aromatic rings. The first kappa shape index (κ1) is 16.0. The van der Waals surface area contributed by atoms with E-state index >= 15 is 0 Å². The number of carbonyl (C=O) groups excluding carboxylic acids is 1. The van der Waals surface area contributed by atoms with Gasteiger partial charge in [0.05, 0.1) is 23.2 Å². The number of nitrogens with zero attached hydrogens (tertiary/aromatic N) is 3. The maximum atomic E-state index is 12.2. The fourth-order valence-electron chi connectivity index (χ4n) is 1.89. The molecule has 1 heterocycles. The van der Waals surface area contributed by atoms with E-state index in [0.29, 0.717) is 30.9 Å². The fourth-order valence-corrected chi connectivity index (χ4v) is 2.49. The van der Waals surface area contributed by atoms with Gasteiger partial charge in [-0.25, -0.2) is 4.98 Å². The number of amides is 1. The lowest BCUT2D eigenvalue weighted by atomic mass is 10.2. The Morgan fingerprint density at radius 1 is 1.50 bits per heavy atom. The quantitative estimate of drug-likeness (QED) is 0.822. The van der Waals surface area contributed by atoms with E-state index in [-0.39, 0.29) is 5.91 Å². The third-order valence-corrected chi connectivity index (χ3v) is 3.86. The van der Waals surface area contributed by atoms with Crippen LogP contribution in [0, 0.1) is 18.3 Å². The van der Waals surface area contributed by atoms with Crippen molar-refractivity contribution in [2.45, 2.75) is 20.0 Å². The second-order valence-corrected chi connectivity index (χ2v) is 5.87. The second kappa shape index (κ2) is 7.57. The SMILES string of the molecule is Cc1nc(COc2cccc(C(=O)N(C)CCC#N)c2)cs1. The van der Waals surface area contributed by atoms with Crippen molar-refractivity contribution in [3.05, 3.63) is 45.9 Å². The Hall–Kier alpha value is -2.39. The zero-order chi connectivity index (χ0) is 15.9. The average molecular weight is 315 g/mol. The summed E-state index contributed by atoms with van der Waals surface area (Å²) in [4.78, 5) is 18.1. The molecule has 0 bridgehead atoms. The lowest BCUT2D eigenvalue weighted by Crippen LogP contribution is -2.27. The Bertz CT molecular complexity index is 691. The topological polar surface area (TPSA) is 66.2 Å². The summed E-state index contributed by atoms with van der Waals surface area (Å²) in [6.45, 7) is 2.75. The van der Waals surface area contributed by atoms with Gasteiger partial charge in [-0.3, -0.25) is 4.79 Å². The van der Waals surface area contributed by atoms with Gasteiger partial charge in [-0.2, -0.15) is 5.26 Å². The Labute approximate surface area is 133 Å². The van der Waals surface area contributed by atoms with E-state index in [1.165, 1.54) is 4.90 Å². The predicted octanol–water partition coefficient (Wildman–Crippen LogP) is 3.02. The number of nitriles is 1. The number of benzene rings is 1. The van der Waals surface area contributed by atoms with Gasteiger partial charge >= 0.3 is 0 Å². The van der Waals surface area contributed by atoms with Gasteiger partial charge in [0.1, 0.15) is 12.4 Å². The molecule has 0 aliphatic carbocycles. The number of thiazole rings is 1. The number of aryl methyl sites for hydroxylation is 1. The molecule has 5 nitrogen and oxygen atoms in total. The number of hydrogen-bond donors (Lipinski definition) is 0. The van der Waals surface area contributed by atoms with E-state index in [9.17, 15) is 4.79 Å². The highest BCUT2D eigenvalue weighted by molar-refractivity contribution is 7.09. The molecule has 1 amide bonds. The molecule has 0 fully saturated rings. The van der Waals surface area contributed by atoms with Crippen LogP contribution in [0.3, 0.4) is 0 Å². The van der Waals surface area contributed by atoms with Crippen molar-refractivity contribution in [2.24, 2.45) is 0 Å². The number of aromatic nitrogens is 1. The molecule has 0 unspecified atom stereocenters. The van der Waals surface area contributed by atoms with Crippen LogP contribution < -0.4 is 4.74 Å². The minimum Gasteiger partial charge on any atom is -0.487 e. The van der Waals surface area contributed by atoms with Crippen LogP contribution in [0.2, 0.25) is 0 Å². The molecule has 0 aliphatic heterocycles. The van der Waals surface area contributed by atoms with Crippen LogP contribution in [-0.4, -0.2) is 29.4 Å². The Balaban J connectivity index is 2.00. The largest absolute Gasteiger partial charge is 0.487 e. The lowest BCUT2D eigenvalue weighted by Gasteiger charge is -2.16. The van der Waals surface area contributed by atoms with Crippen molar-refractivity contribution >= 4 is 17.2 Å². The minimum absolute atomic E-state index is 0.120. The Morgan fingerprint density at radius 2 is 2.32 bits per heavy atom. The van der Waals surface area contributed by atoms with E-state index in [1.54, 1.807) is 36.6 Å². The summed E-state index contributed by atoms with van der Waals surface area (Å²) in [7, 11) is 1.69. The van der Waals surface area contributed by atoms with Crippen LogP contribution in [0.4, 0.5) is 0 Å². The van der Waals surface area contributed by atoms with Crippen LogP contribution in [0.1, 0.15) is 27.5 Å². The van der Waals surface area contributed by atoms with Crippen molar-refractivity contribution in [3.63, 3.8) is 0 Å². The highest BCUT2D eigenvalue weighted by Gasteiger charge is 2.12. The highest BCUT2D eigenvalue weighted by Crippen LogP contribution is 2.17. The van der Waals surface area contributed by atoms with E-state index in [2.05, 4.69) is 4.98 Å². The molecule has 0 spiro atoms. The predicted molar refractivity (Wildman–Crippen MR) is 84.8 cm³/mol. The second-order valence-electron chi connectivity index (χ2n) is 4.81. The smallest absolute Gasteiger partial charge is 0.253 e. The molecule has 0 aliphatic rings. The normalized spacial score (nSPS) is 10.0. The Kier molecular flexibility index (Phi) is 5.50. The monoisotopic (exact) mass is 315 g/mol. The first-order valence-corrected chi connectivity index (χ1v) is 7.74. The molecule has 1 aromatic carbocycles. The zero-order valence-electron chi connectivity index (χ0n) is 12.6. The molecule has 0 radical (unpaired) electrons. The fraction of sp³-hybridized carbons (Fsp3) is 0.312. The minimum atomic E-state index is -0.120. The zero-order valence-corrected chi connectivity index (χ0v) is 13.4. The molecule has 0 atom stereocenters. The summed E-state index contributed by atoms with van der Waals surface area (Å²) in [6, 6.07) is 9.08. The van der Waals surface area contributed by atoms with Crippen molar-refractivity contribution in [1.82, 2.24) is 9.88 Å². The van der Waals surface area contributed by atoms with Gasteiger partial charge in [-0.05, 0) is 25.1 Å². The lowest BCUT2D eigenvalue weighted by molar-refractivity contribution is 0.0797. The van der Waals surface area contributed by atoms with Crippen molar-refractivity contribution in [1.29, 1.82) is 5.26 Å². The van der Waals surface area contributed by atoms with Crippen molar-refractivity contribution in [3.8, 4) is 11.8 Å².